The fourth-order valence-corrected chi connectivity index (χ4v) is 2.89. The van der Waals surface area contributed by atoms with E-state index in [4.69, 9.17) is 10.00 Å². The van der Waals surface area contributed by atoms with Crippen LogP contribution in [0, 0.1) is 18.3 Å². The number of esters is 1. The maximum atomic E-state index is 11.9. The molecular formula is C14H16N2O3S. The molecule has 0 aliphatic carbocycles. The van der Waals surface area contributed by atoms with Crippen molar-refractivity contribution in [2.75, 3.05) is 12.4 Å². The number of nitrogens with one attached hydrogen (secondary N) is 1. The van der Waals surface area contributed by atoms with Gasteiger partial charge in [-0.1, -0.05) is 6.92 Å². The van der Waals surface area contributed by atoms with E-state index in [1.807, 2.05) is 6.07 Å². The van der Waals surface area contributed by atoms with Gasteiger partial charge in [-0.15, -0.1) is 11.3 Å². The van der Waals surface area contributed by atoms with E-state index in [1.54, 1.807) is 20.8 Å². The average Bonchev–Trinajstić information content (AvgIpc) is 2.75. The molecule has 1 rings (SSSR count). The molecule has 0 fully saturated rings. The standard InChI is InChI=1S/C14H16N2O3S/c1-5-10(17)16-13-11(14(18)19-4)9(3)12(20-13)8(2)6-7-15/h6H,5H2,1-4H3,(H,16,17)/b8-6-. The lowest BCUT2D eigenvalue weighted by molar-refractivity contribution is -0.115. The molecule has 1 aromatic rings. The molecule has 0 bridgehead atoms. The Morgan fingerprint density at radius 3 is 2.65 bits per heavy atom. The lowest BCUT2D eigenvalue weighted by Gasteiger charge is -2.04. The highest BCUT2D eigenvalue weighted by Crippen LogP contribution is 2.37. The number of hydrogen-bond donors (Lipinski definition) is 1. The lowest BCUT2D eigenvalue weighted by atomic mass is 10.1. The molecule has 1 aromatic heterocycles. The molecule has 0 aliphatic rings. The zero-order valence-electron chi connectivity index (χ0n) is 11.9. The summed E-state index contributed by atoms with van der Waals surface area (Å²) in [6, 6.07) is 1.96. The van der Waals surface area contributed by atoms with E-state index in [-0.39, 0.29) is 5.91 Å². The normalized spacial score (nSPS) is 10.8. The molecule has 0 atom stereocenters. The van der Waals surface area contributed by atoms with Gasteiger partial charge in [0.05, 0.1) is 18.7 Å². The van der Waals surface area contributed by atoms with Crippen LogP contribution in [0.1, 0.15) is 41.1 Å². The number of amides is 1. The summed E-state index contributed by atoms with van der Waals surface area (Å²) in [4.78, 5) is 24.2. The summed E-state index contributed by atoms with van der Waals surface area (Å²) in [6.45, 7) is 5.29. The van der Waals surface area contributed by atoms with E-state index in [2.05, 4.69) is 5.32 Å². The molecule has 6 heteroatoms. The van der Waals surface area contributed by atoms with Gasteiger partial charge < -0.3 is 10.1 Å². The molecule has 20 heavy (non-hydrogen) atoms. The Kier molecular flexibility index (Phi) is 5.47. The van der Waals surface area contributed by atoms with Crippen LogP contribution in [0.25, 0.3) is 5.57 Å². The van der Waals surface area contributed by atoms with E-state index in [9.17, 15) is 9.59 Å². The molecule has 0 saturated carbocycles. The van der Waals surface area contributed by atoms with Crippen molar-refractivity contribution >= 4 is 33.8 Å². The molecule has 0 spiro atoms. The van der Waals surface area contributed by atoms with Gasteiger partial charge in [-0.2, -0.15) is 5.26 Å². The topological polar surface area (TPSA) is 79.2 Å². The van der Waals surface area contributed by atoms with E-state index in [0.29, 0.717) is 22.5 Å². The number of nitriles is 1. The SMILES string of the molecule is CCC(=O)Nc1sc(/C(C)=C\C#N)c(C)c1C(=O)OC. The number of methoxy groups -OCH3 is 1. The number of ether oxygens (including phenoxy) is 1. The molecule has 1 N–H and O–H groups in total. The zero-order chi connectivity index (χ0) is 15.3. The van der Waals surface area contributed by atoms with E-state index >= 15 is 0 Å². The van der Waals surface area contributed by atoms with Gasteiger partial charge >= 0.3 is 5.97 Å². The van der Waals surface area contributed by atoms with Crippen molar-refractivity contribution in [3.05, 3.63) is 22.1 Å². The van der Waals surface area contributed by atoms with Crippen LogP contribution in [0.5, 0.6) is 0 Å². The third kappa shape index (κ3) is 3.25. The largest absolute Gasteiger partial charge is 0.465 e. The second kappa shape index (κ2) is 6.87. The van der Waals surface area contributed by atoms with Gasteiger partial charge in [-0.25, -0.2) is 4.79 Å². The second-order valence-corrected chi connectivity index (χ2v) is 5.13. The summed E-state index contributed by atoms with van der Waals surface area (Å²) in [6.07, 6.45) is 1.73. The van der Waals surface area contributed by atoms with Crippen molar-refractivity contribution in [3.63, 3.8) is 0 Å². The first-order chi connectivity index (χ1) is 9.46. The van der Waals surface area contributed by atoms with Gasteiger partial charge in [0, 0.05) is 17.4 Å². The number of anilines is 1. The third-order valence-corrected chi connectivity index (χ3v) is 4.09. The van der Waals surface area contributed by atoms with Crippen LogP contribution in [0.15, 0.2) is 6.08 Å². The first kappa shape index (κ1) is 15.9. The van der Waals surface area contributed by atoms with Crippen molar-refractivity contribution in [1.82, 2.24) is 0 Å². The van der Waals surface area contributed by atoms with Gasteiger partial charge in [0.25, 0.3) is 0 Å². The van der Waals surface area contributed by atoms with Crippen LogP contribution in [0.3, 0.4) is 0 Å². The second-order valence-electron chi connectivity index (χ2n) is 4.11. The number of allylic oxidation sites excluding steroid dienone is 2. The van der Waals surface area contributed by atoms with Crippen molar-refractivity contribution in [2.24, 2.45) is 0 Å². The fraction of sp³-hybridized carbons (Fsp3) is 0.357. The smallest absolute Gasteiger partial charge is 0.341 e. The molecule has 106 valence electrons. The molecule has 0 unspecified atom stereocenters. The fourth-order valence-electron chi connectivity index (χ4n) is 1.70. The molecule has 5 nitrogen and oxygen atoms in total. The summed E-state index contributed by atoms with van der Waals surface area (Å²) >= 11 is 1.27. The van der Waals surface area contributed by atoms with Crippen molar-refractivity contribution < 1.29 is 14.3 Å². The van der Waals surface area contributed by atoms with Crippen LogP contribution in [-0.2, 0) is 9.53 Å². The van der Waals surface area contributed by atoms with Crippen molar-refractivity contribution in [2.45, 2.75) is 27.2 Å². The number of carbonyl (C=O) groups is 2. The quantitative estimate of drug-likeness (QED) is 0.683. The third-order valence-electron chi connectivity index (χ3n) is 2.75. The monoisotopic (exact) mass is 292 g/mol. The zero-order valence-corrected chi connectivity index (χ0v) is 12.7. The minimum absolute atomic E-state index is 0.176. The molecular weight excluding hydrogens is 276 g/mol. The maximum Gasteiger partial charge on any atom is 0.341 e. The Morgan fingerprint density at radius 1 is 1.50 bits per heavy atom. The highest BCUT2D eigenvalue weighted by atomic mass is 32.1. The van der Waals surface area contributed by atoms with Crippen LogP contribution in [0.4, 0.5) is 5.00 Å². The molecule has 0 radical (unpaired) electrons. The predicted octanol–water partition coefficient (Wildman–Crippen LogP) is 3.12. The van der Waals surface area contributed by atoms with Gasteiger partial charge in [0.2, 0.25) is 5.91 Å². The highest BCUT2D eigenvalue weighted by molar-refractivity contribution is 7.18. The van der Waals surface area contributed by atoms with Crippen LogP contribution in [-0.4, -0.2) is 19.0 Å². The minimum Gasteiger partial charge on any atom is -0.465 e. The van der Waals surface area contributed by atoms with Gasteiger partial charge in [-0.3, -0.25) is 4.79 Å². The van der Waals surface area contributed by atoms with Crippen LogP contribution in [0.2, 0.25) is 0 Å². The Balaban J connectivity index is 3.39. The van der Waals surface area contributed by atoms with Crippen LogP contribution < -0.4 is 5.32 Å². The van der Waals surface area contributed by atoms with E-state index < -0.39 is 5.97 Å². The summed E-state index contributed by atoms with van der Waals surface area (Å²) in [5.41, 5.74) is 1.80. The van der Waals surface area contributed by atoms with E-state index in [0.717, 1.165) is 10.5 Å². The first-order valence-corrected chi connectivity index (χ1v) is 6.86. The Hall–Kier alpha value is -2.13. The molecule has 0 aromatic carbocycles. The number of thiophene rings is 1. The summed E-state index contributed by atoms with van der Waals surface area (Å²) in [7, 11) is 1.29. The average molecular weight is 292 g/mol. The lowest BCUT2D eigenvalue weighted by Crippen LogP contribution is -2.12. The van der Waals surface area contributed by atoms with Crippen molar-refractivity contribution in [1.29, 1.82) is 5.26 Å². The highest BCUT2D eigenvalue weighted by Gasteiger charge is 2.23. The molecule has 1 amide bonds. The summed E-state index contributed by atoms with van der Waals surface area (Å²) < 4.78 is 4.76. The predicted molar refractivity (Wildman–Crippen MR) is 78.6 cm³/mol. The van der Waals surface area contributed by atoms with Crippen molar-refractivity contribution in [3.8, 4) is 6.07 Å². The Morgan fingerprint density at radius 2 is 2.15 bits per heavy atom. The summed E-state index contributed by atoms with van der Waals surface area (Å²) in [5.74, 6) is -0.675. The summed E-state index contributed by atoms with van der Waals surface area (Å²) in [5, 5.41) is 11.9. The minimum atomic E-state index is -0.499. The van der Waals surface area contributed by atoms with Gasteiger partial charge in [0.15, 0.2) is 0 Å². The Labute approximate surface area is 121 Å². The molecule has 0 saturated heterocycles. The number of hydrogen-bond acceptors (Lipinski definition) is 5. The first-order valence-electron chi connectivity index (χ1n) is 6.04. The Bertz CT molecular complexity index is 609. The number of carbonyl (C=O) groups excluding carboxylic acids is 2. The molecule has 0 aliphatic heterocycles. The van der Waals surface area contributed by atoms with Gasteiger partial charge in [-0.05, 0) is 25.0 Å². The number of rotatable bonds is 4. The van der Waals surface area contributed by atoms with Crippen LogP contribution >= 0.6 is 11.3 Å². The number of nitrogens with zero attached hydrogens (tertiary/aromatic N) is 1. The van der Waals surface area contributed by atoms with E-state index in [1.165, 1.54) is 24.5 Å². The maximum absolute atomic E-state index is 11.9. The molecule has 1 heterocycles. The van der Waals surface area contributed by atoms with Gasteiger partial charge in [0.1, 0.15) is 5.00 Å².